The number of alkyl halides is 3. The van der Waals surface area contributed by atoms with E-state index in [0.29, 0.717) is 18.9 Å². The number of benzene rings is 1. The molecule has 0 spiro atoms. The highest BCUT2D eigenvalue weighted by atomic mass is 35.5. The Hall–Kier alpha value is -2.35. The molecule has 3 amide bonds. The third-order valence-corrected chi connectivity index (χ3v) is 4.79. The first-order chi connectivity index (χ1) is 12.2. The van der Waals surface area contributed by atoms with Crippen LogP contribution in [0.15, 0.2) is 30.4 Å². The Balaban J connectivity index is 1.70. The number of carbonyl (C=O) groups is 3. The van der Waals surface area contributed by atoms with E-state index in [9.17, 15) is 27.6 Å². The molecule has 138 valence electrons. The second-order valence-electron chi connectivity index (χ2n) is 6.16. The number of amides is 3. The van der Waals surface area contributed by atoms with Gasteiger partial charge in [-0.05, 0) is 31.0 Å². The van der Waals surface area contributed by atoms with Gasteiger partial charge in [0.25, 0.3) is 0 Å². The summed E-state index contributed by atoms with van der Waals surface area (Å²) in [6.45, 7) is -0.533. The average Bonchev–Trinajstić information content (AvgIpc) is 2.81. The maximum absolute atomic E-state index is 12.9. The Labute approximate surface area is 151 Å². The number of anilines is 1. The second kappa shape index (κ2) is 6.75. The molecule has 1 aliphatic carbocycles. The molecule has 1 N–H and O–H groups in total. The molecule has 1 saturated heterocycles. The molecule has 26 heavy (non-hydrogen) atoms. The van der Waals surface area contributed by atoms with Crippen molar-refractivity contribution in [3.05, 3.63) is 40.9 Å². The monoisotopic (exact) mass is 386 g/mol. The summed E-state index contributed by atoms with van der Waals surface area (Å²) in [5.74, 6) is -2.53. The van der Waals surface area contributed by atoms with Gasteiger partial charge < -0.3 is 5.32 Å². The van der Waals surface area contributed by atoms with Crippen molar-refractivity contribution in [2.45, 2.75) is 19.0 Å². The first-order valence-corrected chi connectivity index (χ1v) is 8.23. The number of halogens is 4. The summed E-state index contributed by atoms with van der Waals surface area (Å²) in [6.07, 6.45) is -0.134. The molecule has 1 heterocycles. The highest BCUT2D eigenvalue weighted by molar-refractivity contribution is 6.31. The molecule has 5 nitrogen and oxygen atoms in total. The predicted octanol–water partition coefficient (Wildman–Crippen LogP) is 3.25. The van der Waals surface area contributed by atoms with Gasteiger partial charge >= 0.3 is 6.18 Å². The maximum Gasteiger partial charge on any atom is 0.417 e. The summed E-state index contributed by atoms with van der Waals surface area (Å²) in [5.41, 5.74) is -1.20. The third-order valence-electron chi connectivity index (χ3n) is 4.46. The lowest BCUT2D eigenvalue weighted by Gasteiger charge is -2.15. The minimum Gasteiger partial charge on any atom is -0.325 e. The van der Waals surface area contributed by atoms with Gasteiger partial charge in [-0.15, -0.1) is 0 Å². The summed E-state index contributed by atoms with van der Waals surface area (Å²) in [5, 5.41) is 1.78. The number of hydrogen-bond acceptors (Lipinski definition) is 3. The third kappa shape index (κ3) is 3.46. The summed E-state index contributed by atoms with van der Waals surface area (Å²) in [7, 11) is 0. The molecule has 9 heteroatoms. The molecule has 1 fully saturated rings. The zero-order chi connectivity index (χ0) is 19.1. The van der Waals surface area contributed by atoms with E-state index >= 15 is 0 Å². The first kappa shape index (κ1) is 18.4. The van der Waals surface area contributed by atoms with Crippen LogP contribution in [0, 0.1) is 11.8 Å². The topological polar surface area (TPSA) is 66.5 Å². The summed E-state index contributed by atoms with van der Waals surface area (Å²) in [4.78, 5) is 37.6. The largest absolute Gasteiger partial charge is 0.417 e. The summed E-state index contributed by atoms with van der Waals surface area (Å²) < 4.78 is 38.6. The Morgan fingerprint density at radius 1 is 1.15 bits per heavy atom. The number of rotatable bonds is 3. The van der Waals surface area contributed by atoms with Crippen molar-refractivity contribution in [3.63, 3.8) is 0 Å². The van der Waals surface area contributed by atoms with Crippen LogP contribution >= 0.6 is 11.6 Å². The fraction of sp³-hybridized carbons (Fsp3) is 0.353. The number of likely N-dealkylation sites (tertiary alicyclic amines) is 1. The molecule has 1 aliphatic heterocycles. The quantitative estimate of drug-likeness (QED) is 0.640. The van der Waals surface area contributed by atoms with Crippen molar-refractivity contribution >= 4 is 35.0 Å². The van der Waals surface area contributed by atoms with Crippen LogP contribution in [-0.2, 0) is 20.6 Å². The van der Waals surface area contributed by atoms with Crippen molar-refractivity contribution in [1.82, 2.24) is 4.90 Å². The van der Waals surface area contributed by atoms with Crippen molar-refractivity contribution in [2.24, 2.45) is 11.8 Å². The predicted molar refractivity (Wildman–Crippen MR) is 87.2 cm³/mol. The van der Waals surface area contributed by atoms with Gasteiger partial charge in [0.1, 0.15) is 6.54 Å². The fourth-order valence-electron chi connectivity index (χ4n) is 3.19. The molecular weight excluding hydrogens is 373 g/mol. The molecular formula is C17H14ClF3N2O3. The smallest absolute Gasteiger partial charge is 0.325 e. The molecule has 3 rings (SSSR count). The number of fused-ring (bicyclic) bond motifs is 1. The minimum absolute atomic E-state index is 0.120. The van der Waals surface area contributed by atoms with Crippen molar-refractivity contribution in [3.8, 4) is 0 Å². The Morgan fingerprint density at radius 2 is 1.73 bits per heavy atom. The number of imide groups is 1. The lowest BCUT2D eigenvalue weighted by atomic mass is 9.85. The molecule has 2 aliphatic rings. The molecule has 1 aromatic rings. The zero-order valence-electron chi connectivity index (χ0n) is 13.3. The normalized spacial score (nSPS) is 22.5. The number of nitrogens with one attached hydrogen (secondary N) is 1. The van der Waals surface area contributed by atoms with E-state index in [2.05, 4.69) is 5.32 Å². The van der Waals surface area contributed by atoms with Gasteiger partial charge in [0, 0.05) is 5.69 Å². The van der Waals surface area contributed by atoms with E-state index in [4.69, 9.17) is 11.6 Å². The standard InChI is InChI=1S/C17H14ClF3N2O3/c18-13-6-5-9(7-12(13)17(19,20)21)22-14(24)8-23-15(25)10-3-1-2-4-11(10)16(23)26/h1-2,5-7,10-11H,3-4,8H2,(H,22,24)/t10-,11+. The van der Waals surface area contributed by atoms with Crippen LogP contribution in [0.1, 0.15) is 18.4 Å². The fourth-order valence-corrected chi connectivity index (χ4v) is 3.41. The molecule has 0 aromatic heterocycles. The van der Waals surface area contributed by atoms with Crippen LogP contribution in [0.25, 0.3) is 0 Å². The average molecular weight is 387 g/mol. The van der Waals surface area contributed by atoms with Gasteiger partial charge in [-0.3, -0.25) is 19.3 Å². The highest BCUT2D eigenvalue weighted by Gasteiger charge is 2.47. The van der Waals surface area contributed by atoms with E-state index < -0.39 is 52.9 Å². The van der Waals surface area contributed by atoms with Crippen LogP contribution in [0.4, 0.5) is 18.9 Å². The molecule has 1 aromatic carbocycles. The van der Waals surface area contributed by atoms with E-state index in [-0.39, 0.29) is 5.69 Å². The van der Waals surface area contributed by atoms with Gasteiger partial charge in [0.2, 0.25) is 17.7 Å². The summed E-state index contributed by atoms with van der Waals surface area (Å²) in [6, 6.07) is 2.94. The number of hydrogen-bond donors (Lipinski definition) is 1. The second-order valence-corrected chi connectivity index (χ2v) is 6.57. The van der Waals surface area contributed by atoms with Crippen LogP contribution in [0.3, 0.4) is 0 Å². The lowest BCUT2D eigenvalue weighted by molar-refractivity contribution is -0.142. The van der Waals surface area contributed by atoms with Gasteiger partial charge in [-0.25, -0.2) is 0 Å². The number of allylic oxidation sites excluding steroid dienone is 2. The number of nitrogens with zero attached hydrogens (tertiary/aromatic N) is 1. The van der Waals surface area contributed by atoms with E-state index in [1.165, 1.54) is 6.07 Å². The van der Waals surface area contributed by atoms with Crippen LogP contribution in [-0.4, -0.2) is 29.2 Å². The van der Waals surface area contributed by atoms with Crippen molar-refractivity contribution in [2.75, 3.05) is 11.9 Å². The Kier molecular flexibility index (Phi) is 4.79. The van der Waals surface area contributed by atoms with Gasteiger partial charge in [0.05, 0.1) is 22.4 Å². The molecule has 0 saturated carbocycles. The Bertz CT molecular complexity index is 781. The van der Waals surface area contributed by atoms with Gasteiger partial charge in [-0.1, -0.05) is 23.8 Å². The minimum atomic E-state index is -4.67. The molecule has 2 atom stereocenters. The first-order valence-electron chi connectivity index (χ1n) is 7.85. The Morgan fingerprint density at radius 3 is 2.27 bits per heavy atom. The van der Waals surface area contributed by atoms with E-state index in [1.54, 1.807) is 0 Å². The van der Waals surface area contributed by atoms with E-state index in [1.807, 2.05) is 12.2 Å². The van der Waals surface area contributed by atoms with Crippen molar-refractivity contribution in [1.29, 1.82) is 0 Å². The van der Waals surface area contributed by atoms with Crippen LogP contribution < -0.4 is 5.32 Å². The number of carbonyl (C=O) groups excluding carboxylic acids is 3. The van der Waals surface area contributed by atoms with Crippen molar-refractivity contribution < 1.29 is 27.6 Å². The lowest BCUT2D eigenvalue weighted by Crippen LogP contribution is -2.38. The van der Waals surface area contributed by atoms with Gasteiger partial charge in [0.15, 0.2) is 0 Å². The molecule has 0 bridgehead atoms. The van der Waals surface area contributed by atoms with Crippen LogP contribution in [0.2, 0.25) is 5.02 Å². The van der Waals surface area contributed by atoms with Crippen LogP contribution in [0.5, 0.6) is 0 Å². The van der Waals surface area contributed by atoms with Gasteiger partial charge in [-0.2, -0.15) is 13.2 Å². The maximum atomic E-state index is 12.9. The SMILES string of the molecule is O=C(CN1C(=O)[C@H]2CC=CC[C@H]2C1=O)Nc1ccc(Cl)c(C(F)(F)F)c1. The van der Waals surface area contributed by atoms with E-state index in [0.717, 1.165) is 11.0 Å². The summed E-state index contributed by atoms with van der Waals surface area (Å²) >= 11 is 5.53. The molecule has 0 radical (unpaired) electrons. The zero-order valence-corrected chi connectivity index (χ0v) is 14.1. The molecule has 0 unspecified atom stereocenters. The highest BCUT2D eigenvalue weighted by Crippen LogP contribution is 2.37.